The van der Waals surface area contributed by atoms with Gasteiger partial charge < -0.3 is 15.2 Å². The average molecular weight is 684 g/mol. The van der Waals surface area contributed by atoms with E-state index in [1.54, 1.807) is 0 Å². The van der Waals surface area contributed by atoms with Crippen molar-refractivity contribution < 1.29 is 45.4 Å². The van der Waals surface area contributed by atoms with E-state index in [1.165, 1.54) is 41.5 Å². The topological polar surface area (TPSA) is 133 Å². The zero-order valence-electron chi connectivity index (χ0n) is 20.6. The minimum Gasteiger partial charge on any atom is -0.443 e. The van der Waals surface area contributed by atoms with E-state index in [0.29, 0.717) is 0 Å². The number of hydrogen-bond acceptors (Lipinski definition) is 9. The zero-order valence-corrected chi connectivity index (χ0v) is 23.8. The zero-order chi connectivity index (χ0) is 29.9. The van der Waals surface area contributed by atoms with Crippen molar-refractivity contribution in [3.8, 4) is 0 Å². The number of nitrogen functional groups attached to an aromatic ring is 1. The molecule has 2 aromatic heterocycles. The van der Waals surface area contributed by atoms with Gasteiger partial charge in [-0.2, -0.15) is 26.3 Å². The van der Waals surface area contributed by atoms with Crippen LogP contribution >= 0.6 is 31.9 Å². The lowest BCUT2D eigenvalue weighted by atomic mass is 10.2. The summed E-state index contributed by atoms with van der Waals surface area (Å²) in [5.74, 6) is -1.21. The average Bonchev–Trinajstić information content (AvgIpc) is 2.67. The summed E-state index contributed by atoms with van der Waals surface area (Å²) in [5, 5.41) is 0. The Morgan fingerprint density at radius 3 is 1.47 bits per heavy atom. The standard InChI is InChI=1S/C15H19BrF3N3O4.C5H3BrF3N3/c1-13(2,3)25-11(23)22(12(24)26-14(4,5)6)10-20-7-8(16)9(21-10)15(17,18)19;6-2-1-11-4(10)12-3(2)5(7,8)9/h7H,1-6H3;1H,(H2,10,11,12). The molecule has 2 aromatic rings. The Balaban J connectivity index is 0.000000499. The quantitative estimate of drug-likeness (QED) is 0.323. The molecule has 0 aromatic carbocycles. The molecule has 0 bridgehead atoms. The van der Waals surface area contributed by atoms with Gasteiger partial charge in [0.15, 0.2) is 11.4 Å². The van der Waals surface area contributed by atoms with Gasteiger partial charge in [0.1, 0.15) is 11.2 Å². The van der Waals surface area contributed by atoms with Gasteiger partial charge in [-0.3, -0.25) is 0 Å². The summed E-state index contributed by atoms with van der Waals surface area (Å²) in [6, 6.07) is 0. The smallest absolute Gasteiger partial charge is 0.434 e. The Hall–Kier alpha value is -2.76. The maximum absolute atomic E-state index is 13.1. The monoisotopic (exact) mass is 682 g/mol. The fourth-order valence-corrected chi connectivity index (χ4v) is 2.93. The number of amides is 2. The molecule has 212 valence electrons. The van der Waals surface area contributed by atoms with E-state index in [9.17, 15) is 35.9 Å². The number of nitrogens with zero attached hydrogens (tertiary/aromatic N) is 5. The summed E-state index contributed by atoms with van der Waals surface area (Å²) in [5.41, 5.74) is 0.545. The van der Waals surface area contributed by atoms with Crippen LogP contribution in [-0.2, 0) is 21.8 Å². The Morgan fingerprint density at radius 1 is 0.763 bits per heavy atom. The molecule has 0 saturated heterocycles. The van der Waals surface area contributed by atoms with Gasteiger partial charge in [-0.05, 0) is 73.4 Å². The number of carbonyl (C=O) groups is 2. The molecular formula is C20H22Br2F6N6O4. The van der Waals surface area contributed by atoms with Crippen LogP contribution in [0.2, 0.25) is 0 Å². The molecule has 10 nitrogen and oxygen atoms in total. The fraction of sp³-hybridized carbons (Fsp3) is 0.500. The number of imide groups is 1. The van der Waals surface area contributed by atoms with Crippen LogP contribution in [0.25, 0.3) is 0 Å². The van der Waals surface area contributed by atoms with Crippen molar-refractivity contribution in [2.75, 3.05) is 10.6 Å². The predicted molar refractivity (Wildman–Crippen MR) is 129 cm³/mol. The molecule has 38 heavy (non-hydrogen) atoms. The van der Waals surface area contributed by atoms with E-state index >= 15 is 0 Å². The van der Waals surface area contributed by atoms with E-state index in [1.807, 2.05) is 0 Å². The summed E-state index contributed by atoms with van der Waals surface area (Å²) >= 11 is 5.36. The second-order valence-corrected chi connectivity index (χ2v) is 10.8. The van der Waals surface area contributed by atoms with Crippen LogP contribution in [0.1, 0.15) is 52.9 Å². The minimum absolute atomic E-state index is 0.218. The summed E-state index contributed by atoms with van der Waals surface area (Å²) in [4.78, 5) is 38.3. The molecule has 2 heterocycles. The van der Waals surface area contributed by atoms with Gasteiger partial charge >= 0.3 is 24.5 Å². The van der Waals surface area contributed by atoms with E-state index in [0.717, 1.165) is 12.4 Å². The molecule has 0 radical (unpaired) electrons. The van der Waals surface area contributed by atoms with E-state index in [2.05, 4.69) is 51.8 Å². The highest BCUT2D eigenvalue weighted by Crippen LogP contribution is 2.34. The molecular weight excluding hydrogens is 662 g/mol. The van der Waals surface area contributed by atoms with Gasteiger partial charge in [-0.25, -0.2) is 29.5 Å². The molecule has 2 N–H and O–H groups in total. The molecule has 0 fully saturated rings. The number of rotatable bonds is 1. The van der Waals surface area contributed by atoms with Gasteiger partial charge in [0.2, 0.25) is 11.9 Å². The van der Waals surface area contributed by atoms with Crippen molar-refractivity contribution in [1.82, 2.24) is 19.9 Å². The van der Waals surface area contributed by atoms with Crippen LogP contribution in [0.3, 0.4) is 0 Å². The van der Waals surface area contributed by atoms with Crippen molar-refractivity contribution in [3.05, 3.63) is 32.7 Å². The number of halogens is 8. The van der Waals surface area contributed by atoms with E-state index in [-0.39, 0.29) is 9.37 Å². The lowest BCUT2D eigenvalue weighted by Crippen LogP contribution is -2.44. The van der Waals surface area contributed by atoms with Gasteiger partial charge in [0.05, 0.1) is 8.95 Å². The molecule has 0 aliphatic heterocycles. The van der Waals surface area contributed by atoms with Crippen molar-refractivity contribution in [1.29, 1.82) is 0 Å². The van der Waals surface area contributed by atoms with Crippen LogP contribution in [-0.4, -0.2) is 43.3 Å². The third-order valence-electron chi connectivity index (χ3n) is 3.38. The number of hydrogen-bond donors (Lipinski definition) is 1. The summed E-state index contributed by atoms with van der Waals surface area (Å²) in [6.45, 7) is 9.18. The van der Waals surface area contributed by atoms with Crippen LogP contribution < -0.4 is 10.6 Å². The fourth-order valence-electron chi connectivity index (χ4n) is 2.10. The van der Waals surface area contributed by atoms with Crippen molar-refractivity contribution >= 4 is 55.9 Å². The first-order valence-electron chi connectivity index (χ1n) is 10.1. The summed E-state index contributed by atoms with van der Waals surface area (Å²) in [7, 11) is 0. The van der Waals surface area contributed by atoms with Crippen LogP contribution in [0.15, 0.2) is 21.3 Å². The highest BCUT2D eigenvalue weighted by molar-refractivity contribution is 9.10. The van der Waals surface area contributed by atoms with Crippen molar-refractivity contribution in [2.24, 2.45) is 0 Å². The Labute approximate surface area is 229 Å². The third kappa shape index (κ3) is 10.5. The second kappa shape index (κ2) is 12.0. The van der Waals surface area contributed by atoms with E-state index in [4.69, 9.17) is 15.2 Å². The van der Waals surface area contributed by atoms with Crippen LogP contribution in [0.5, 0.6) is 0 Å². The van der Waals surface area contributed by atoms with Crippen LogP contribution in [0, 0.1) is 0 Å². The highest BCUT2D eigenvalue weighted by atomic mass is 79.9. The number of nitrogens with two attached hydrogens (primary N) is 1. The van der Waals surface area contributed by atoms with Gasteiger partial charge in [-0.15, -0.1) is 4.90 Å². The van der Waals surface area contributed by atoms with Gasteiger partial charge in [0.25, 0.3) is 0 Å². The van der Waals surface area contributed by atoms with Gasteiger partial charge in [-0.1, -0.05) is 0 Å². The maximum Gasteiger partial charge on any atom is 0.434 e. The molecule has 0 atom stereocenters. The van der Waals surface area contributed by atoms with E-state index < -0.39 is 63.5 Å². The maximum atomic E-state index is 13.1. The van der Waals surface area contributed by atoms with Crippen LogP contribution in [0.4, 0.5) is 47.8 Å². The molecule has 0 unspecified atom stereocenters. The first-order chi connectivity index (χ1) is 16.9. The molecule has 18 heteroatoms. The molecule has 2 rings (SSSR count). The summed E-state index contributed by atoms with van der Waals surface area (Å²) in [6.07, 6.45) is -10.1. The third-order valence-corrected chi connectivity index (χ3v) is 4.54. The Kier molecular flexibility index (Phi) is 10.5. The van der Waals surface area contributed by atoms with Crippen molar-refractivity contribution in [3.63, 3.8) is 0 Å². The Bertz CT molecular complexity index is 1140. The minimum atomic E-state index is -4.83. The van der Waals surface area contributed by atoms with Gasteiger partial charge in [0, 0.05) is 12.4 Å². The molecule has 0 aliphatic carbocycles. The Morgan fingerprint density at radius 2 is 1.13 bits per heavy atom. The second-order valence-electron chi connectivity index (χ2n) is 9.08. The largest absolute Gasteiger partial charge is 0.443 e. The normalized spacial score (nSPS) is 12.3. The molecule has 0 saturated carbocycles. The number of anilines is 2. The summed E-state index contributed by atoms with van der Waals surface area (Å²) < 4.78 is 84.8. The first-order valence-corrected chi connectivity index (χ1v) is 11.7. The number of alkyl halides is 6. The lowest BCUT2D eigenvalue weighted by molar-refractivity contribution is -0.142. The number of ether oxygens (including phenoxy) is 2. The van der Waals surface area contributed by atoms with Crippen molar-refractivity contribution in [2.45, 2.75) is 65.1 Å². The molecule has 0 aliphatic rings. The number of aromatic nitrogens is 4. The predicted octanol–water partition coefficient (Wildman–Crippen LogP) is 6.77. The lowest BCUT2D eigenvalue weighted by Gasteiger charge is -2.27. The molecule has 0 spiro atoms. The first kappa shape index (κ1) is 33.3. The molecule has 2 amide bonds. The number of carbonyl (C=O) groups excluding carboxylic acids is 2. The highest BCUT2D eigenvalue weighted by Gasteiger charge is 2.40. The SMILES string of the molecule is CC(C)(C)OC(=O)N(C(=O)OC(C)(C)C)c1ncc(Br)c(C(F)(F)F)n1.Nc1ncc(Br)c(C(F)(F)F)n1.